The van der Waals surface area contributed by atoms with Crippen molar-refractivity contribution in [1.82, 2.24) is 15.0 Å². The number of fused-ring (bicyclic) bond motifs is 1. The van der Waals surface area contributed by atoms with E-state index >= 15 is 0 Å². The molecule has 0 radical (unpaired) electrons. The third kappa shape index (κ3) is 1.80. The predicted molar refractivity (Wildman–Crippen MR) is 70.0 cm³/mol. The van der Waals surface area contributed by atoms with Crippen LogP contribution in [-0.2, 0) is 0 Å². The van der Waals surface area contributed by atoms with Crippen LogP contribution < -0.4 is 11.3 Å². The lowest BCUT2D eigenvalue weighted by atomic mass is 10.1. The fourth-order valence-electron chi connectivity index (χ4n) is 1.98. The van der Waals surface area contributed by atoms with Crippen molar-refractivity contribution in [2.24, 2.45) is 5.84 Å². The summed E-state index contributed by atoms with van der Waals surface area (Å²) in [5, 5.41) is 4.89. The molecule has 2 aromatic heterocycles. The maximum Gasteiger partial charge on any atom is 0.137 e. The van der Waals surface area contributed by atoms with Gasteiger partial charge in [0.05, 0.1) is 11.1 Å². The summed E-state index contributed by atoms with van der Waals surface area (Å²) in [6.45, 7) is 2.02. The number of hydrogen-bond acceptors (Lipinski definition) is 6. The minimum absolute atomic E-state index is 0.211. The molecule has 0 aliphatic carbocycles. The quantitative estimate of drug-likeness (QED) is 0.557. The van der Waals surface area contributed by atoms with Gasteiger partial charge < -0.3 is 4.42 Å². The van der Waals surface area contributed by atoms with Gasteiger partial charge >= 0.3 is 0 Å². The second kappa shape index (κ2) is 4.49. The van der Waals surface area contributed by atoms with Crippen LogP contribution in [0.2, 0.25) is 0 Å². The van der Waals surface area contributed by atoms with Crippen LogP contribution in [0.25, 0.3) is 11.0 Å². The monoisotopic (exact) mass is 260 g/mol. The number of nitrogens with two attached hydrogens (primary N) is 1. The van der Waals surface area contributed by atoms with E-state index in [2.05, 4.69) is 15.0 Å². The van der Waals surface area contributed by atoms with E-state index in [9.17, 15) is 0 Å². The molecule has 3 N–H and O–H groups in total. The normalized spacial score (nSPS) is 13.0. The van der Waals surface area contributed by atoms with Crippen molar-refractivity contribution < 1.29 is 4.42 Å². The van der Waals surface area contributed by atoms with Gasteiger partial charge in [0, 0.05) is 5.39 Å². The zero-order valence-corrected chi connectivity index (χ0v) is 10.6. The maximum atomic E-state index is 5.88. The molecule has 2 heterocycles. The van der Waals surface area contributed by atoms with Gasteiger partial charge in [0.1, 0.15) is 17.4 Å². The number of para-hydroxylation sites is 1. The first-order valence-corrected chi connectivity index (χ1v) is 6.29. The van der Waals surface area contributed by atoms with Crippen molar-refractivity contribution in [3.63, 3.8) is 0 Å². The van der Waals surface area contributed by atoms with Gasteiger partial charge in [-0.05, 0) is 30.1 Å². The molecular weight excluding hydrogens is 248 g/mol. The molecule has 0 bridgehead atoms. The summed E-state index contributed by atoms with van der Waals surface area (Å²) >= 11 is 1.30. The lowest BCUT2D eigenvalue weighted by Crippen LogP contribution is -2.27. The first-order valence-electron chi connectivity index (χ1n) is 5.52. The smallest absolute Gasteiger partial charge is 0.137 e. The topological polar surface area (TPSA) is 77.0 Å². The van der Waals surface area contributed by atoms with Crippen LogP contribution in [0.1, 0.15) is 22.2 Å². The molecular formula is C12H12N4OS. The Balaban J connectivity index is 2.11. The Morgan fingerprint density at radius 1 is 1.44 bits per heavy atom. The van der Waals surface area contributed by atoms with Crippen molar-refractivity contribution in [3.8, 4) is 0 Å². The average molecular weight is 260 g/mol. The van der Waals surface area contributed by atoms with Crippen molar-refractivity contribution in [3.05, 3.63) is 46.7 Å². The molecule has 3 aromatic rings. The number of furan rings is 1. The van der Waals surface area contributed by atoms with E-state index in [1.807, 2.05) is 31.2 Å². The summed E-state index contributed by atoms with van der Waals surface area (Å²) in [6.07, 6.45) is 1.69. The molecule has 18 heavy (non-hydrogen) atoms. The lowest BCUT2D eigenvalue weighted by Gasteiger charge is -2.09. The first kappa shape index (κ1) is 11.3. The van der Waals surface area contributed by atoms with Gasteiger partial charge in [0.25, 0.3) is 0 Å². The van der Waals surface area contributed by atoms with E-state index in [0.29, 0.717) is 0 Å². The van der Waals surface area contributed by atoms with Crippen molar-refractivity contribution >= 4 is 22.5 Å². The number of aromatic nitrogens is 2. The first-order chi connectivity index (χ1) is 8.79. The van der Waals surface area contributed by atoms with Gasteiger partial charge in [-0.1, -0.05) is 22.7 Å². The Labute approximate surface area is 108 Å². The second-order valence-electron chi connectivity index (χ2n) is 4.06. The van der Waals surface area contributed by atoms with E-state index in [4.69, 9.17) is 10.3 Å². The van der Waals surface area contributed by atoms with Crippen LogP contribution in [0.3, 0.4) is 0 Å². The standard InChI is InChI=1S/C12H12N4OS/c1-7-3-2-4-8-5-9(17-12(7)8)11(15-13)10-6-14-16-18-10/h2-6,11,15H,13H2,1H3. The van der Waals surface area contributed by atoms with Crippen LogP contribution in [0.5, 0.6) is 0 Å². The summed E-state index contributed by atoms with van der Waals surface area (Å²) in [5.74, 6) is 6.37. The average Bonchev–Trinajstić information content (AvgIpc) is 3.00. The Hall–Kier alpha value is -1.76. The van der Waals surface area contributed by atoms with E-state index in [-0.39, 0.29) is 6.04 Å². The van der Waals surface area contributed by atoms with Crippen molar-refractivity contribution in [2.75, 3.05) is 0 Å². The van der Waals surface area contributed by atoms with E-state index in [1.165, 1.54) is 11.5 Å². The summed E-state index contributed by atoms with van der Waals surface area (Å²) < 4.78 is 9.73. The third-order valence-corrected chi connectivity index (χ3v) is 3.60. The molecule has 0 amide bonds. The number of aryl methyl sites for hydroxylation is 1. The predicted octanol–water partition coefficient (Wildman–Crippen LogP) is 2.15. The van der Waals surface area contributed by atoms with Crippen molar-refractivity contribution in [2.45, 2.75) is 13.0 Å². The zero-order chi connectivity index (χ0) is 12.5. The van der Waals surface area contributed by atoms with Gasteiger partial charge in [0.15, 0.2) is 0 Å². The zero-order valence-electron chi connectivity index (χ0n) is 9.75. The Bertz CT molecular complexity index is 662. The molecule has 6 heteroatoms. The molecule has 0 fully saturated rings. The van der Waals surface area contributed by atoms with Crippen molar-refractivity contribution in [1.29, 1.82) is 0 Å². The summed E-state index contributed by atoms with van der Waals surface area (Å²) in [6, 6.07) is 7.84. The lowest BCUT2D eigenvalue weighted by molar-refractivity contribution is 0.480. The molecule has 0 saturated heterocycles. The highest BCUT2D eigenvalue weighted by Gasteiger charge is 2.19. The Kier molecular flexibility index (Phi) is 2.83. The number of nitrogens with zero attached hydrogens (tertiary/aromatic N) is 2. The molecule has 3 rings (SSSR count). The van der Waals surface area contributed by atoms with Gasteiger partial charge in [-0.2, -0.15) is 0 Å². The van der Waals surface area contributed by atoms with E-state index < -0.39 is 0 Å². The second-order valence-corrected chi connectivity index (χ2v) is 4.88. The van der Waals surface area contributed by atoms with E-state index in [0.717, 1.165) is 27.2 Å². The summed E-state index contributed by atoms with van der Waals surface area (Å²) in [5.41, 5.74) is 4.74. The summed E-state index contributed by atoms with van der Waals surface area (Å²) in [7, 11) is 0. The van der Waals surface area contributed by atoms with E-state index in [1.54, 1.807) is 6.20 Å². The summed E-state index contributed by atoms with van der Waals surface area (Å²) in [4.78, 5) is 0.925. The number of hydrogen-bond donors (Lipinski definition) is 2. The van der Waals surface area contributed by atoms with Gasteiger partial charge in [-0.25, -0.2) is 5.43 Å². The van der Waals surface area contributed by atoms with Gasteiger partial charge in [0.2, 0.25) is 0 Å². The molecule has 92 valence electrons. The Morgan fingerprint density at radius 3 is 3.00 bits per heavy atom. The highest BCUT2D eigenvalue weighted by atomic mass is 32.1. The van der Waals surface area contributed by atoms with Crippen LogP contribution in [-0.4, -0.2) is 9.59 Å². The molecule has 0 aliphatic rings. The molecule has 1 atom stereocenters. The fraction of sp³-hybridized carbons (Fsp3) is 0.167. The SMILES string of the molecule is Cc1cccc2cc(C(NN)c3cnns3)oc12. The Morgan fingerprint density at radius 2 is 2.33 bits per heavy atom. The van der Waals surface area contributed by atoms with Crippen LogP contribution in [0, 0.1) is 6.92 Å². The molecule has 5 nitrogen and oxygen atoms in total. The number of nitrogens with one attached hydrogen (secondary N) is 1. The van der Waals surface area contributed by atoms with Crippen LogP contribution in [0.15, 0.2) is 34.9 Å². The highest BCUT2D eigenvalue weighted by molar-refractivity contribution is 7.05. The minimum Gasteiger partial charge on any atom is -0.459 e. The molecule has 1 aromatic carbocycles. The van der Waals surface area contributed by atoms with Gasteiger partial charge in [-0.15, -0.1) is 5.10 Å². The molecule has 1 unspecified atom stereocenters. The molecule has 0 aliphatic heterocycles. The molecule has 0 spiro atoms. The molecule has 0 saturated carbocycles. The number of rotatable bonds is 3. The number of hydrazine groups is 1. The minimum atomic E-state index is -0.211. The third-order valence-electron chi connectivity index (χ3n) is 2.87. The highest BCUT2D eigenvalue weighted by Crippen LogP contribution is 2.30. The maximum absolute atomic E-state index is 5.88. The largest absolute Gasteiger partial charge is 0.459 e. The van der Waals surface area contributed by atoms with Crippen LogP contribution in [0.4, 0.5) is 0 Å². The van der Waals surface area contributed by atoms with Gasteiger partial charge in [-0.3, -0.25) is 5.84 Å². The van der Waals surface area contributed by atoms with Crippen LogP contribution >= 0.6 is 11.5 Å². The number of benzene rings is 1. The fourth-order valence-corrected chi connectivity index (χ4v) is 2.55.